The maximum absolute atomic E-state index is 11.5. The molecule has 1 amide bonds. The molecule has 0 saturated carbocycles. The lowest BCUT2D eigenvalue weighted by molar-refractivity contribution is -0.146. The van der Waals surface area contributed by atoms with Crippen LogP contribution in [0, 0.1) is 0 Å². The number of rotatable bonds is 4. The van der Waals surface area contributed by atoms with Crippen molar-refractivity contribution >= 4 is 11.9 Å². The molecule has 1 heterocycles. The van der Waals surface area contributed by atoms with Crippen LogP contribution in [0.4, 0.5) is 0 Å². The lowest BCUT2D eigenvalue weighted by Crippen LogP contribution is -2.48. The lowest BCUT2D eigenvalue weighted by atomic mass is 10.1. The van der Waals surface area contributed by atoms with Crippen LogP contribution in [-0.2, 0) is 14.3 Å². The van der Waals surface area contributed by atoms with E-state index in [1.54, 1.807) is 0 Å². The molecule has 0 aromatic carbocycles. The second kappa shape index (κ2) is 5.67. The predicted octanol–water partition coefficient (Wildman–Crippen LogP) is -0.883. The molecule has 1 unspecified atom stereocenters. The van der Waals surface area contributed by atoms with E-state index in [2.05, 4.69) is 5.32 Å². The fourth-order valence-electron chi connectivity index (χ4n) is 1.40. The summed E-state index contributed by atoms with van der Waals surface area (Å²) in [7, 11) is 0. The summed E-state index contributed by atoms with van der Waals surface area (Å²) >= 11 is 0. The molecule has 1 saturated heterocycles. The maximum Gasteiger partial charge on any atom is 0.328 e. The molecule has 2 atom stereocenters. The monoisotopic (exact) mass is 217 g/mol. The van der Waals surface area contributed by atoms with Gasteiger partial charge in [0.05, 0.1) is 6.61 Å². The smallest absolute Gasteiger partial charge is 0.328 e. The number of hydrogen-bond acceptors (Lipinski definition) is 4. The Hall–Kier alpha value is -1.14. The van der Waals surface area contributed by atoms with Crippen molar-refractivity contribution in [2.75, 3.05) is 13.2 Å². The maximum atomic E-state index is 11.5. The number of aliphatic carboxylic acids is 1. The van der Waals surface area contributed by atoms with Gasteiger partial charge in [-0.1, -0.05) is 0 Å². The molecule has 0 spiro atoms. The fraction of sp³-hybridized carbons (Fsp3) is 0.778. The van der Waals surface area contributed by atoms with Crippen molar-refractivity contribution in [3.05, 3.63) is 0 Å². The van der Waals surface area contributed by atoms with Crippen LogP contribution in [0.2, 0.25) is 0 Å². The Morgan fingerprint density at radius 2 is 2.20 bits per heavy atom. The van der Waals surface area contributed by atoms with Crippen LogP contribution in [0.15, 0.2) is 0 Å². The van der Waals surface area contributed by atoms with Gasteiger partial charge in [-0.25, -0.2) is 4.79 Å². The lowest BCUT2D eigenvalue weighted by Gasteiger charge is -2.23. The second-order valence-corrected chi connectivity index (χ2v) is 3.44. The average molecular weight is 217 g/mol. The van der Waals surface area contributed by atoms with E-state index in [1.807, 2.05) is 0 Å². The number of nitrogens with one attached hydrogen (secondary N) is 1. The average Bonchev–Trinajstić information content (AvgIpc) is 2.26. The van der Waals surface area contributed by atoms with E-state index in [9.17, 15) is 9.59 Å². The van der Waals surface area contributed by atoms with Crippen LogP contribution < -0.4 is 5.32 Å². The number of carboxylic acids is 1. The minimum atomic E-state index is -1.25. The molecule has 1 aliphatic heterocycles. The Morgan fingerprint density at radius 3 is 2.67 bits per heavy atom. The highest BCUT2D eigenvalue weighted by Gasteiger charge is 2.26. The number of hydrogen-bond donors (Lipinski definition) is 3. The van der Waals surface area contributed by atoms with E-state index in [1.165, 1.54) is 0 Å². The van der Waals surface area contributed by atoms with E-state index in [0.717, 1.165) is 12.8 Å². The first kappa shape index (κ1) is 11.9. The van der Waals surface area contributed by atoms with Gasteiger partial charge >= 0.3 is 5.97 Å². The molecular formula is C9H15NO5. The van der Waals surface area contributed by atoms with Gasteiger partial charge in [0, 0.05) is 6.61 Å². The van der Waals surface area contributed by atoms with Gasteiger partial charge in [0.2, 0.25) is 5.91 Å². The standard InChI is InChI=1S/C9H15NO5/c11-5-6(9(13)14)10-8(12)7-3-1-2-4-15-7/h6-7,11H,1-5H2,(H,10,12)(H,13,14)/t6-,7?/m0/s1. The molecule has 6 heteroatoms. The molecule has 15 heavy (non-hydrogen) atoms. The normalized spacial score (nSPS) is 23.1. The second-order valence-electron chi connectivity index (χ2n) is 3.44. The van der Waals surface area contributed by atoms with Crippen LogP contribution in [0.5, 0.6) is 0 Å². The molecular weight excluding hydrogens is 202 g/mol. The quantitative estimate of drug-likeness (QED) is 0.568. The van der Waals surface area contributed by atoms with Crippen molar-refractivity contribution in [1.29, 1.82) is 0 Å². The molecule has 0 aromatic heterocycles. The number of carboxylic acid groups (broad SMARTS) is 1. The Labute approximate surface area is 87.2 Å². The molecule has 6 nitrogen and oxygen atoms in total. The third kappa shape index (κ3) is 3.49. The van der Waals surface area contributed by atoms with Gasteiger partial charge in [-0.2, -0.15) is 0 Å². The molecule has 1 fully saturated rings. The van der Waals surface area contributed by atoms with Gasteiger partial charge in [-0.15, -0.1) is 0 Å². The van der Waals surface area contributed by atoms with Gasteiger partial charge in [-0.05, 0) is 19.3 Å². The summed E-state index contributed by atoms with van der Waals surface area (Å²) < 4.78 is 5.18. The highest BCUT2D eigenvalue weighted by atomic mass is 16.5. The number of carbonyl (C=O) groups excluding carboxylic acids is 1. The summed E-state index contributed by atoms with van der Waals surface area (Å²) in [4.78, 5) is 22.0. The van der Waals surface area contributed by atoms with Gasteiger partial charge in [0.15, 0.2) is 0 Å². The third-order valence-electron chi connectivity index (χ3n) is 2.27. The zero-order valence-electron chi connectivity index (χ0n) is 8.31. The minimum Gasteiger partial charge on any atom is -0.480 e. The molecule has 3 N–H and O–H groups in total. The van der Waals surface area contributed by atoms with Crippen LogP contribution in [0.25, 0.3) is 0 Å². The number of ether oxygens (including phenoxy) is 1. The van der Waals surface area contributed by atoms with E-state index in [0.29, 0.717) is 13.0 Å². The first-order chi connectivity index (χ1) is 7.15. The topological polar surface area (TPSA) is 95.9 Å². The summed E-state index contributed by atoms with van der Waals surface area (Å²) in [5.74, 6) is -1.71. The SMILES string of the molecule is O=C(N[C@@H](CO)C(=O)O)C1CCCCO1. The Bertz CT molecular complexity index is 237. The first-order valence-corrected chi connectivity index (χ1v) is 4.90. The Morgan fingerprint density at radius 1 is 1.47 bits per heavy atom. The molecule has 0 bridgehead atoms. The van der Waals surface area contributed by atoms with Gasteiger partial charge in [-0.3, -0.25) is 4.79 Å². The number of carbonyl (C=O) groups is 2. The summed E-state index contributed by atoms with van der Waals surface area (Å²) in [5, 5.41) is 19.5. The van der Waals surface area contributed by atoms with Gasteiger partial charge in [0.25, 0.3) is 0 Å². The van der Waals surface area contributed by atoms with Crippen LogP contribution in [0.1, 0.15) is 19.3 Å². The highest BCUT2D eigenvalue weighted by Crippen LogP contribution is 2.12. The molecule has 0 aromatic rings. The van der Waals surface area contributed by atoms with Crippen LogP contribution in [0.3, 0.4) is 0 Å². The van der Waals surface area contributed by atoms with Crippen molar-refractivity contribution in [3.63, 3.8) is 0 Å². The Kier molecular flexibility index (Phi) is 4.51. The molecule has 0 radical (unpaired) electrons. The van der Waals surface area contributed by atoms with Crippen LogP contribution >= 0.6 is 0 Å². The van der Waals surface area contributed by atoms with E-state index < -0.39 is 30.6 Å². The van der Waals surface area contributed by atoms with Crippen molar-refractivity contribution in [2.45, 2.75) is 31.4 Å². The van der Waals surface area contributed by atoms with E-state index in [-0.39, 0.29) is 0 Å². The largest absolute Gasteiger partial charge is 0.480 e. The summed E-state index contributed by atoms with van der Waals surface area (Å²) in [6.07, 6.45) is 1.84. The summed E-state index contributed by atoms with van der Waals surface area (Å²) in [6.45, 7) is -0.0945. The number of amides is 1. The first-order valence-electron chi connectivity index (χ1n) is 4.90. The van der Waals surface area contributed by atoms with Crippen molar-refractivity contribution in [2.24, 2.45) is 0 Å². The van der Waals surface area contributed by atoms with E-state index in [4.69, 9.17) is 14.9 Å². The number of aliphatic hydroxyl groups is 1. The zero-order chi connectivity index (χ0) is 11.3. The molecule has 86 valence electrons. The Balaban J connectivity index is 2.42. The predicted molar refractivity (Wildman–Crippen MR) is 50.2 cm³/mol. The molecule has 0 aliphatic carbocycles. The van der Waals surface area contributed by atoms with Gasteiger partial charge in [0.1, 0.15) is 12.1 Å². The third-order valence-corrected chi connectivity index (χ3v) is 2.27. The van der Waals surface area contributed by atoms with Crippen molar-refractivity contribution < 1.29 is 24.5 Å². The molecule has 1 rings (SSSR count). The van der Waals surface area contributed by atoms with Gasteiger partial charge < -0.3 is 20.3 Å². The minimum absolute atomic E-state index is 0.462. The van der Waals surface area contributed by atoms with Crippen molar-refractivity contribution in [1.82, 2.24) is 5.32 Å². The highest BCUT2D eigenvalue weighted by molar-refractivity contribution is 5.86. The number of aliphatic hydroxyl groups excluding tert-OH is 1. The van der Waals surface area contributed by atoms with E-state index >= 15 is 0 Å². The molecule has 1 aliphatic rings. The fourth-order valence-corrected chi connectivity index (χ4v) is 1.40. The van der Waals surface area contributed by atoms with Crippen molar-refractivity contribution in [3.8, 4) is 0 Å². The summed E-state index contributed by atoms with van der Waals surface area (Å²) in [5.41, 5.74) is 0. The summed E-state index contributed by atoms with van der Waals surface area (Å²) in [6, 6.07) is -1.25. The van der Waals surface area contributed by atoms with Crippen LogP contribution in [-0.4, -0.2) is 47.4 Å². The zero-order valence-corrected chi connectivity index (χ0v) is 8.31.